The molecule has 0 unspecified atom stereocenters. The van der Waals surface area contributed by atoms with E-state index in [0.29, 0.717) is 17.4 Å². The van der Waals surface area contributed by atoms with Crippen molar-refractivity contribution in [3.63, 3.8) is 0 Å². The van der Waals surface area contributed by atoms with E-state index in [1.54, 1.807) is 6.92 Å². The van der Waals surface area contributed by atoms with Gasteiger partial charge in [-0.15, -0.1) is 0 Å². The molecule has 1 N–H and O–H groups in total. The van der Waals surface area contributed by atoms with Crippen LogP contribution in [0.4, 0.5) is 10.1 Å². The molecule has 0 saturated carbocycles. The van der Waals surface area contributed by atoms with Gasteiger partial charge >= 0.3 is 5.97 Å². The first-order chi connectivity index (χ1) is 17.0. The van der Waals surface area contributed by atoms with Crippen LogP contribution in [0.5, 0.6) is 5.75 Å². The summed E-state index contributed by atoms with van der Waals surface area (Å²) in [5.41, 5.74) is 2.11. The van der Waals surface area contributed by atoms with E-state index >= 15 is 0 Å². The van der Waals surface area contributed by atoms with Gasteiger partial charge in [-0.25, -0.2) is 4.39 Å². The summed E-state index contributed by atoms with van der Waals surface area (Å²) in [5.74, 6) is -0.507. The normalized spacial score (nSPS) is 22.5. The number of nitrogens with zero attached hydrogens (tertiary/aromatic N) is 2. The third-order valence-electron chi connectivity index (χ3n) is 6.88. The molecule has 0 spiro atoms. The van der Waals surface area contributed by atoms with E-state index in [0.717, 1.165) is 50.6 Å². The highest BCUT2D eigenvalue weighted by Crippen LogP contribution is 2.37. The first kappa shape index (κ1) is 23.6. The zero-order valence-corrected chi connectivity index (χ0v) is 19.7. The molecule has 5 rings (SSSR count). The number of amides is 1. The molecule has 0 bridgehead atoms. The second-order valence-electron chi connectivity index (χ2n) is 9.09. The van der Waals surface area contributed by atoms with Crippen LogP contribution >= 0.6 is 0 Å². The molecule has 1 amide bonds. The molecule has 186 valence electrons. The number of nitrogens with one attached hydrogen (secondary N) is 1. The van der Waals surface area contributed by atoms with Crippen LogP contribution in [-0.2, 0) is 14.3 Å². The second-order valence-corrected chi connectivity index (χ2v) is 9.09. The number of hydrogen-bond donors (Lipinski definition) is 1. The zero-order chi connectivity index (χ0) is 24.4. The first-order valence-electron chi connectivity index (χ1n) is 12.1. The fraction of sp³-hybridized carbons (Fsp3) is 0.462. The van der Waals surface area contributed by atoms with Crippen LogP contribution < -0.4 is 15.0 Å². The van der Waals surface area contributed by atoms with Gasteiger partial charge in [0, 0.05) is 49.4 Å². The Bertz CT molecular complexity index is 1070. The van der Waals surface area contributed by atoms with Crippen molar-refractivity contribution in [2.45, 2.75) is 31.5 Å². The Kier molecular flexibility index (Phi) is 6.88. The van der Waals surface area contributed by atoms with Crippen molar-refractivity contribution in [2.75, 3.05) is 50.9 Å². The number of piperazine rings is 1. The predicted octanol–water partition coefficient (Wildman–Crippen LogP) is 2.53. The van der Waals surface area contributed by atoms with Crippen LogP contribution in [0.2, 0.25) is 0 Å². The summed E-state index contributed by atoms with van der Waals surface area (Å²) in [5, 5.41) is 3.00. The fourth-order valence-electron chi connectivity index (χ4n) is 4.71. The summed E-state index contributed by atoms with van der Waals surface area (Å²) < 4.78 is 30.2. The fourth-order valence-corrected chi connectivity index (χ4v) is 4.71. The maximum Gasteiger partial charge on any atom is 0.305 e. The van der Waals surface area contributed by atoms with Crippen LogP contribution in [0.1, 0.15) is 35.3 Å². The highest BCUT2D eigenvalue weighted by atomic mass is 19.1. The Hall–Kier alpha value is -3.17. The molecule has 3 aliphatic heterocycles. The number of esters is 1. The Morgan fingerprint density at radius 2 is 1.80 bits per heavy atom. The molecule has 3 heterocycles. The first-order valence-corrected chi connectivity index (χ1v) is 12.1. The van der Waals surface area contributed by atoms with Crippen LogP contribution in [0.15, 0.2) is 42.5 Å². The van der Waals surface area contributed by atoms with E-state index in [1.165, 1.54) is 24.3 Å². The minimum absolute atomic E-state index is 0.134. The van der Waals surface area contributed by atoms with Crippen LogP contribution in [0, 0.1) is 5.82 Å². The summed E-state index contributed by atoms with van der Waals surface area (Å²) in [7, 11) is 0. The molecule has 0 radical (unpaired) electrons. The summed E-state index contributed by atoms with van der Waals surface area (Å²) in [6, 6.07) is 11.2. The standard InChI is InChI=1S/C26H30FN3O5/c1-2-24(31)35-23-16-34-22-8-7-19(29-9-11-30(12-10-29)20-14-33-15-20)13-21(22)25(23)28-26(32)17-3-5-18(27)6-4-17/h3-8,13,20,23,25H,2,9-12,14-16H2,1H3,(H,28,32)/t23-,25-/m0/s1. The number of halogens is 1. The van der Waals surface area contributed by atoms with Gasteiger partial charge in [-0.2, -0.15) is 0 Å². The smallest absolute Gasteiger partial charge is 0.305 e. The van der Waals surface area contributed by atoms with Gasteiger partial charge in [0.25, 0.3) is 5.91 Å². The molecule has 2 atom stereocenters. The van der Waals surface area contributed by atoms with Crippen molar-refractivity contribution >= 4 is 17.6 Å². The quantitative estimate of drug-likeness (QED) is 0.633. The highest BCUT2D eigenvalue weighted by molar-refractivity contribution is 5.94. The molecule has 2 aromatic carbocycles. The molecule has 0 aromatic heterocycles. The molecule has 9 heteroatoms. The van der Waals surface area contributed by atoms with E-state index in [1.807, 2.05) is 18.2 Å². The molecule has 2 aromatic rings. The summed E-state index contributed by atoms with van der Waals surface area (Å²) in [6.07, 6.45) is -0.455. The largest absolute Gasteiger partial charge is 0.489 e. The number of carbonyl (C=O) groups is 2. The average Bonchev–Trinajstić information content (AvgIpc) is 2.85. The van der Waals surface area contributed by atoms with Gasteiger partial charge in [0.05, 0.1) is 25.3 Å². The van der Waals surface area contributed by atoms with Gasteiger partial charge in [-0.1, -0.05) is 6.92 Å². The molecular weight excluding hydrogens is 453 g/mol. The molecule has 35 heavy (non-hydrogen) atoms. The number of fused-ring (bicyclic) bond motifs is 1. The molecular formula is C26H30FN3O5. The third-order valence-corrected chi connectivity index (χ3v) is 6.88. The lowest BCUT2D eigenvalue weighted by Crippen LogP contribution is -2.56. The molecule has 8 nitrogen and oxygen atoms in total. The lowest BCUT2D eigenvalue weighted by atomic mass is 9.96. The lowest BCUT2D eigenvalue weighted by molar-refractivity contribution is -0.152. The van der Waals surface area contributed by atoms with Crippen LogP contribution in [0.25, 0.3) is 0 Å². The van der Waals surface area contributed by atoms with Gasteiger partial charge in [0.2, 0.25) is 0 Å². The monoisotopic (exact) mass is 483 g/mol. The number of hydrogen-bond acceptors (Lipinski definition) is 7. The summed E-state index contributed by atoms with van der Waals surface area (Å²) in [6.45, 7) is 7.17. The van der Waals surface area contributed by atoms with E-state index in [4.69, 9.17) is 14.2 Å². The SMILES string of the molecule is CCC(=O)O[C@H]1COc2ccc(N3CCN(C4COC4)CC3)cc2[C@@H]1NC(=O)c1ccc(F)cc1. The Morgan fingerprint density at radius 1 is 1.06 bits per heavy atom. The second kappa shape index (κ2) is 10.2. The third kappa shape index (κ3) is 5.11. The van der Waals surface area contributed by atoms with Crippen molar-refractivity contribution in [2.24, 2.45) is 0 Å². The van der Waals surface area contributed by atoms with E-state index in [2.05, 4.69) is 15.1 Å². The van der Waals surface area contributed by atoms with E-state index in [9.17, 15) is 14.0 Å². The molecule has 2 fully saturated rings. The number of anilines is 1. The highest BCUT2D eigenvalue weighted by Gasteiger charge is 2.36. The van der Waals surface area contributed by atoms with Crippen LogP contribution in [0.3, 0.4) is 0 Å². The van der Waals surface area contributed by atoms with Crippen molar-refractivity contribution in [3.8, 4) is 5.75 Å². The molecule has 3 aliphatic rings. The zero-order valence-electron chi connectivity index (χ0n) is 19.7. The summed E-state index contributed by atoms with van der Waals surface area (Å²) >= 11 is 0. The average molecular weight is 484 g/mol. The number of rotatable bonds is 6. The van der Waals surface area contributed by atoms with Gasteiger partial charge in [-0.3, -0.25) is 14.5 Å². The van der Waals surface area contributed by atoms with Crippen molar-refractivity contribution in [1.82, 2.24) is 10.2 Å². The maximum absolute atomic E-state index is 13.3. The van der Waals surface area contributed by atoms with Crippen LogP contribution in [-0.4, -0.2) is 74.9 Å². The summed E-state index contributed by atoms with van der Waals surface area (Å²) in [4.78, 5) is 29.9. The number of benzene rings is 2. The van der Waals surface area contributed by atoms with Gasteiger partial charge in [0.15, 0.2) is 6.10 Å². The molecule has 0 aliphatic carbocycles. The number of carbonyl (C=O) groups excluding carboxylic acids is 2. The minimum Gasteiger partial charge on any atom is -0.489 e. The Labute approximate surface area is 203 Å². The minimum atomic E-state index is -0.676. The van der Waals surface area contributed by atoms with Crippen molar-refractivity contribution < 1.29 is 28.2 Å². The van der Waals surface area contributed by atoms with Crippen molar-refractivity contribution in [3.05, 3.63) is 59.4 Å². The Morgan fingerprint density at radius 3 is 2.46 bits per heavy atom. The number of ether oxygens (including phenoxy) is 3. The molecule has 2 saturated heterocycles. The van der Waals surface area contributed by atoms with Crippen molar-refractivity contribution in [1.29, 1.82) is 0 Å². The topological polar surface area (TPSA) is 80.3 Å². The Balaban J connectivity index is 1.38. The van der Waals surface area contributed by atoms with Gasteiger partial charge < -0.3 is 24.4 Å². The van der Waals surface area contributed by atoms with Gasteiger partial charge in [0.1, 0.15) is 18.2 Å². The van der Waals surface area contributed by atoms with E-state index < -0.39 is 18.0 Å². The van der Waals surface area contributed by atoms with Gasteiger partial charge in [-0.05, 0) is 42.5 Å². The maximum atomic E-state index is 13.3. The van der Waals surface area contributed by atoms with E-state index in [-0.39, 0.29) is 24.9 Å². The predicted molar refractivity (Wildman–Crippen MR) is 127 cm³/mol. The lowest BCUT2D eigenvalue weighted by Gasteiger charge is -2.43.